The molecule has 6 heteroatoms. The van der Waals surface area contributed by atoms with Gasteiger partial charge in [-0.3, -0.25) is 4.79 Å². The molecule has 6 nitrogen and oxygen atoms in total. The number of aromatic nitrogens is 2. The average molecular weight is 199 g/mol. The van der Waals surface area contributed by atoms with Crippen molar-refractivity contribution in [3.8, 4) is 0 Å². The first-order chi connectivity index (χ1) is 6.83. The molecule has 0 aliphatic heterocycles. The highest BCUT2D eigenvalue weighted by Gasteiger charge is 2.01. The molecule has 0 aliphatic rings. The topological polar surface area (TPSA) is 77.2 Å². The van der Waals surface area contributed by atoms with Crippen LogP contribution in [0.1, 0.15) is 19.2 Å². The van der Waals surface area contributed by atoms with E-state index < -0.39 is 0 Å². The molecule has 1 N–H and O–H groups in total. The number of carbonyl (C=O) groups is 1. The zero-order chi connectivity index (χ0) is 10.2. The number of esters is 1. The van der Waals surface area contributed by atoms with Crippen molar-refractivity contribution in [1.29, 1.82) is 0 Å². The number of rotatable bonds is 6. The number of hydrogen-bond acceptors (Lipinski definition) is 6. The van der Waals surface area contributed by atoms with Crippen molar-refractivity contribution < 1.29 is 14.1 Å². The van der Waals surface area contributed by atoms with Gasteiger partial charge in [-0.25, -0.2) is 0 Å². The van der Waals surface area contributed by atoms with E-state index in [0.29, 0.717) is 32.0 Å². The molecular formula is C8H13N3O3. The molecule has 78 valence electrons. The van der Waals surface area contributed by atoms with Crippen molar-refractivity contribution in [3.63, 3.8) is 0 Å². The van der Waals surface area contributed by atoms with Gasteiger partial charge in [0.05, 0.1) is 19.6 Å². The highest BCUT2D eigenvalue weighted by molar-refractivity contribution is 5.69. The van der Waals surface area contributed by atoms with E-state index in [2.05, 4.69) is 15.5 Å². The summed E-state index contributed by atoms with van der Waals surface area (Å²) >= 11 is 0. The molecule has 0 saturated carbocycles. The molecule has 1 aromatic rings. The molecule has 0 unspecified atom stereocenters. The van der Waals surface area contributed by atoms with Gasteiger partial charge in [0.15, 0.2) is 6.33 Å². The summed E-state index contributed by atoms with van der Waals surface area (Å²) in [4.78, 5) is 14.7. The summed E-state index contributed by atoms with van der Waals surface area (Å²) in [6.07, 6.45) is 1.68. The number of nitrogens with one attached hydrogen (secondary N) is 1. The smallest absolute Gasteiger partial charge is 0.307 e. The van der Waals surface area contributed by atoms with Crippen LogP contribution in [0.3, 0.4) is 0 Å². The lowest BCUT2D eigenvalue weighted by atomic mass is 10.4. The summed E-state index contributed by atoms with van der Waals surface area (Å²) in [7, 11) is 0. The third-order valence-corrected chi connectivity index (χ3v) is 1.49. The first kappa shape index (κ1) is 10.6. The van der Waals surface area contributed by atoms with E-state index in [1.807, 2.05) is 0 Å². The highest BCUT2D eigenvalue weighted by atomic mass is 16.5. The Bertz CT molecular complexity index is 261. The minimum absolute atomic E-state index is 0.203. The van der Waals surface area contributed by atoms with Crippen LogP contribution in [0, 0.1) is 0 Å². The minimum Gasteiger partial charge on any atom is -0.466 e. The second-order valence-corrected chi connectivity index (χ2v) is 2.57. The van der Waals surface area contributed by atoms with Crippen LogP contribution < -0.4 is 5.32 Å². The minimum atomic E-state index is -0.203. The molecule has 0 aromatic carbocycles. The van der Waals surface area contributed by atoms with Gasteiger partial charge in [-0.15, -0.1) is 0 Å². The van der Waals surface area contributed by atoms with Crippen molar-refractivity contribution in [2.75, 3.05) is 13.2 Å². The molecule has 0 aliphatic carbocycles. The normalized spacial score (nSPS) is 10.1. The van der Waals surface area contributed by atoms with Crippen molar-refractivity contribution >= 4 is 5.97 Å². The number of ether oxygens (including phenoxy) is 1. The molecule has 0 radical (unpaired) electrons. The lowest BCUT2D eigenvalue weighted by molar-refractivity contribution is -0.142. The van der Waals surface area contributed by atoms with E-state index in [0.717, 1.165) is 0 Å². The second kappa shape index (κ2) is 6.09. The number of carbonyl (C=O) groups excluding carboxylic acids is 1. The van der Waals surface area contributed by atoms with Crippen LogP contribution in [0.15, 0.2) is 10.9 Å². The summed E-state index contributed by atoms with van der Waals surface area (Å²) in [5.41, 5.74) is 0. The maximum atomic E-state index is 10.9. The van der Waals surface area contributed by atoms with E-state index >= 15 is 0 Å². The third-order valence-electron chi connectivity index (χ3n) is 1.49. The molecule has 1 heterocycles. The Balaban J connectivity index is 2.02. The van der Waals surface area contributed by atoms with E-state index in [1.165, 1.54) is 6.33 Å². The number of hydrogen-bond donors (Lipinski definition) is 1. The van der Waals surface area contributed by atoms with E-state index in [-0.39, 0.29) is 5.97 Å². The van der Waals surface area contributed by atoms with Gasteiger partial charge in [0.2, 0.25) is 5.89 Å². The Morgan fingerprint density at radius 3 is 3.21 bits per heavy atom. The molecule has 0 fully saturated rings. The number of nitrogens with zero attached hydrogens (tertiary/aromatic N) is 2. The molecular weight excluding hydrogens is 186 g/mol. The Labute approximate surface area is 81.6 Å². The van der Waals surface area contributed by atoms with Crippen LogP contribution in [-0.4, -0.2) is 29.3 Å². The predicted molar refractivity (Wildman–Crippen MR) is 47.3 cm³/mol. The van der Waals surface area contributed by atoms with Gasteiger partial charge < -0.3 is 14.6 Å². The third kappa shape index (κ3) is 3.99. The molecule has 1 aromatic heterocycles. The summed E-state index contributed by atoms with van der Waals surface area (Å²) in [5.74, 6) is 0.305. The zero-order valence-corrected chi connectivity index (χ0v) is 8.02. The fraction of sp³-hybridized carbons (Fsp3) is 0.625. The van der Waals surface area contributed by atoms with Crippen molar-refractivity contribution in [2.24, 2.45) is 0 Å². The lowest BCUT2D eigenvalue weighted by Crippen LogP contribution is -2.19. The van der Waals surface area contributed by atoms with Crippen LogP contribution in [0.5, 0.6) is 0 Å². The van der Waals surface area contributed by atoms with E-state index in [1.54, 1.807) is 6.92 Å². The molecule has 0 bridgehead atoms. The largest absolute Gasteiger partial charge is 0.466 e. The standard InChI is InChI=1S/C8H13N3O3/c1-2-13-8(12)3-4-9-5-7-10-6-11-14-7/h6,9H,2-5H2,1H3. The fourth-order valence-electron chi connectivity index (χ4n) is 0.893. The van der Waals surface area contributed by atoms with Gasteiger partial charge in [0, 0.05) is 6.54 Å². The highest BCUT2D eigenvalue weighted by Crippen LogP contribution is 1.90. The Hall–Kier alpha value is -1.43. The summed E-state index contributed by atoms with van der Waals surface area (Å²) in [6, 6.07) is 0. The van der Waals surface area contributed by atoms with Crippen molar-refractivity contribution in [2.45, 2.75) is 19.9 Å². The van der Waals surface area contributed by atoms with Crippen LogP contribution >= 0.6 is 0 Å². The Morgan fingerprint density at radius 1 is 1.71 bits per heavy atom. The Kier molecular flexibility index (Phi) is 4.63. The van der Waals surface area contributed by atoms with Crippen LogP contribution in [0.4, 0.5) is 0 Å². The lowest BCUT2D eigenvalue weighted by Gasteiger charge is -2.01. The first-order valence-corrected chi connectivity index (χ1v) is 4.44. The molecule has 0 spiro atoms. The van der Waals surface area contributed by atoms with Gasteiger partial charge in [-0.1, -0.05) is 5.16 Å². The zero-order valence-electron chi connectivity index (χ0n) is 8.02. The van der Waals surface area contributed by atoms with Gasteiger partial charge in [-0.2, -0.15) is 4.98 Å². The van der Waals surface area contributed by atoms with Crippen molar-refractivity contribution in [3.05, 3.63) is 12.2 Å². The first-order valence-electron chi connectivity index (χ1n) is 4.44. The fourth-order valence-corrected chi connectivity index (χ4v) is 0.893. The summed E-state index contributed by atoms with van der Waals surface area (Å²) in [5, 5.41) is 6.43. The predicted octanol–water partition coefficient (Wildman–Crippen LogP) is 0.112. The summed E-state index contributed by atoms with van der Waals surface area (Å²) in [6.45, 7) is 3.22. The van der Waals surface area contributed by atoms with Gasteiger partial charge in [0.1, 0.15) is 0 Å². The van der Waals surface area contributed by atoms with Gasteiger partial charge in [0.25, 0.3) is 0 Å². The van der Waals surface area contributed by atoms with Crippen LogP contribution in [0.25, 0.3) is 0 Å². The van der Waals surface area contributed by atoms with E-state index in [4.69, 9.17) is 9.26 Å². The van der Waals surface area contributed by atoms with Crippen LogP contribution in [-0.2, 0) is 16.1 Å². The van der Waals surface area contributed by atoms with Gasteiger partial charge in [-0.05, 0) is 6.92 Å². The Morgan fingerprint density at radius 2 is 2.57 bits per heavy atom. The maximum Gasteiger partial charge on any atom is 0.307 e. The SMILES string of the molecule is CCOC(=O)CCNCc1ncno1. The molecule has 0 saturated heterocycles. The molecule has 1 rings (SSSR count). The van der Waals surface area contributed by atoms with Crippen LogP contribution in [0.2, 0.25) is 0 Å². The van der Waals surface area contributed by atoms with Crippen molar-refractivity contribution in [1.82, 2.24) is 15.5 Å². The molecule has 0 atom stereocenters. The van der Waals surface area contributed by atoms with Gasteiger partial charge >= 0.3 is 5.97 Å². The van der Waals surface area contributed by atoms with E-state index in [9.17, 15) is 4.79 Å². The quantitative estimate of drug-likeness (QED) is 0.517. The summed E-state index contributed by atoms with van der Waals surface area (Å²) < 4.78 is 9.50. The second-order valence-electron chi connectivity index (χ2n) is 2.57. The molecule has 14 heavy (non-hydrogen) atoms. The maximum absolute atomic E-state index is 10.9. The molecule has 0 amide bonds. The average Bonchev–Trinajstić information content (AvgIpc) is 2.65. The monoisotopic (exact) mass is 199 g/mol.